The van der Waals surface area contributed by atoms with Gasteiger partial charge in [0.2, 0.25) is 0 Å². The van der Waals surface area contributed by atoms with Gasteiger partial charge in [-0.3, -0.25) is 0 Å². The van der Waals surface area contributed by atoms with Gasteiger partial charge in [-0.15, -0.1) is 0 Å². The third-order valence-corrected chi connectivity index (χ3v) is 9.47. The van der Waals surface area contributed by atoms with Crippen LogP contribution in [0.4, 0.5) is 11.4 Å². The fourth-order valence-corrected chi connectivity index (χ4v) is 7.30. The number of furan rings is 1. The number of allylic oxidation sites excluding steroid dienone is 9. The molecule has 1 heterocycles. The van der Waals surface area contributed by atoms with Crippen molar-refractivity contribution in [2.45, 2.75) is 19.3 Å². The minimum absolute atomic E-state index is 0.899. The fraction of sp³-hybridized carbons (Fsp3) is 0.0667. The van der Waals surface area contributed by atoms with E-state index in [1.165, 1.54) is 38.7 Å². The summed E-state index contributed by atoms with van der Waals surface area (Å²) in [7, 11) is 0. The quantitative estimate of drug-likeness (QED) is 0.195. The van der Waals surface area contributed by atoms with Crippen molar-refractivity contribution in [3.63, 3.8) is 0 Å². The van der Waals surface area contributed by atoms with E-state index < -0.39 is 0 Å². The van der Waals surface area contributed by atoms with E-state index in [1.54, 1.807) is 0 Å². The van der Waals surface area contributed by atoms with Crippen molar-refractivity contribution in [3.05, 3.63) is 175 Å². The summed E-state index contributed by atoms with van der Waals surface area (Å²) in [4.78, 5) is 2.44. The topological polar surface area (TPSA) is 16.4 Å². The van der Waals surface area contributed by atoms with Gasteiger partial charge in [-0.1, -0.05) is 134 Å². The zero-order valence-electron chi connectivity index (χ0n) is 26.1. The lowest BCUT2D eigenvalue weighted by Crippen LogP contribution is -2.16. The van der Waals surface area contributed by atoms with Gasteiger partial charge >= 0.3 is 0 Å². The van der Waals surface area contributed by atoms with Crippen LogP contribution in [-0.4, -0.2) is 0 Å². The smallest absolute Gasteiger partial charge is 0.143 e. The molecule has 7 aromatic rings. The zero-order chi connectivity index (χ0) is 31.2. The molecule has 47 heavy (non-hydrogen) atoms. The minimum Gasteiger partial charge on any atom is -0.455 e. The third-order valence-electron chi connectivity index (χ3n) is 9.47. The first kappa shape index (κ1) is 27.5. The summed E-state index contributed by atoms with van der Waals surface area (Å²) in [6.07, 6.45) is 20.9. The van der Waals surface area contributed by atoms with Crippen molar-refractivity contribution in [1.82, 2.24) is 0 Å². The molecule has 0 fully saturated rings. The molecule has 2 aliphatic carbocycles. The highest BCUT2D eigenvalue weighted by molar-refractivity contribution is 6.22. The van der Waals surface area contributed by atoms with Gasteiger partial charge in [0.05, 0.1) is 5.69 Å². The summed E-state index contributed by atoms with van der Waals surface area (Å²) in [6.45, 7) is 0. The molecule has 0 atom stereocenters. The first-order valence-electron chi connectivity index (χ1n) is 16.5. The number of fused-ring (bicyclic) bond motifs is 6. The van der Waals surface area contributed by atoms with Gasteiger partial charge in [0.25, 0.3) is 0 Å². The number of benzene rings is 6. The van der Waals surface area contributed by atoms with Crippen LogP contribution in [0, 0.1) is 0 Å². The van der Waals surface area contributed by atoms with Crippen LogP contribution in [0.5, 0.6) is 0 Å². The van der Waals surface area contributed by atoms with Gasteiger partial charge < -0.3 is 9.32 Å². The van der Waals surface area contributed by atoms with E-state index in [1.807, 2.05) is 0 Å². The molecule has 0 saturated carbocycles. The Morgan fingerprint density at radius 1 is 0.553 bits per heavy atom. The average molecular weight is 604 g/mol. The molecule has 1 aromatic heterocycles. The maximum Gasteiger partial charge on any atom is 0.143 e. The number of hydrogen-bond donors (Lipinski definition) is 0. The Hall–Kier alpha value is -5.86. The second-order valence-corrected chi connectivity index (χ2v) is 12.3. The molecule has 0 spiro atoms. The number of rotatable bonds is 5. The lowest BCUT2D eigenvalue weighted by molar-refractivity contribution is 0.673. The number of hydrogen-bond acceptors (Lipinski definition) is 2. The molecule has 0 saturated heterocycles. The van der Waals surface area contributed by atoms with Crippen LogP contribution in [0.25, 0.3) is 60.2 Å². The highest BCUT2D eigenvalue weighted by Crippen LogP contribution is 2.46. The lowest BCUT2D eigenvalue weighted by Gasteiger charge is -2.29. The monoisotopic (exact) mass is 603 g/mol. The molecule has 224 valence electrons. The van der Waals surface area contributed by atoms with Crippen LogP contribution in [-0.2, 0) is 0 Å². The molecular formula is C45H33NO. The van der Waals surface area contributed by atoms with Crippen molar-refractivity contribution >= 4 is 60.4 Å². The summed E-state index contributed by atoms with van der Waals surface area (Å²) in [6, 6.07) is 41.7. The van der Waals surface area contributed by atoms with Gasteiger partial charge in [-0.25, -0.2) is 0 Å². The van der Waals surface area contributed by atoms with Crippen LogP contribution in [0.15, 0.2) is 174 Å². The van der Waals surface area contributed by atoms with Gasteiger partial charge in [0, 0.05) is 32.9 Å². The Balaban J connectivity index is 1.34. The van der Waals surface area contributed by atoms with E-state index in [-0.39, 0.29) is 0 Å². The molecule has 0 N–H and O–H groups in total. The standard InChI is InChI=1S/C45H33NO/c1-2-5-17-32(16-4-1)36-21-10-11-22-37(36)39-25-14-26-43-44(39)41-30-42(38-23-12-13-24-40(38)45(41)47-43)46(34-19-6-3-7-20-34)35-28-27-31-15-8-9-18-33(31)29-35/h1-2,4,6,8-30H,3,5,7H2. The molecule has 6 aromatic carbocycles. The predicted octanol–water partition coefficient (Wildman–Crippen LogP) is 12.8. The molecule has 0 aliphatic heterocycles. The van der Waals surface area contributed by atoms with Crippen molar-refractivity contribution in [1.29, 1.82) is 0 Å². The lowest BCUT2D eigenvalue weighted by atomic mass is 9.91. The van der Waals surface area contributed by atoms with E-state index in [4.69, 9.17) is 4.42 Å². The molecule has 2 aliphatic rings. The summed E-state index contributed by atoms with van der Waals surface area (Å²) in [5, 5.41) is 7.01. The first-order valence-corrected chi connectivity index (χ1v) is 16.5. The van der Waals surface area contributed by atoms with Crippen molar-refractivity contribution in [2.75, 3.05) is 4.90 Å². The average Bonchev–Trinajstić information content (AvgIpc) is 3.30. The maximum atomic E-state index is 6.79. The van der Waals surface area contributed by atoms with Crippen LogP contribution in [0.3, 0.4) is 0 Å². The highest BCUT2D eigenvalue weighted by Gasteiger charge is 2.23. The Morgan fingerprint density at radius 2 is 1.36 bits per heavy atom. The molecule has 0 bridgehead atoms. The molecular weight excluding hydrogens is 571 g/mol. The van der Waals surface area contributed by atoms with Gasteiger partial charge in [-0.2, -0.15) is 0 Å². The van der Waals surface area contributed by atoms with E-state index in [0.29, 0.717) is 0 Å². The summed E-state index contributed by atoms with van der Waals surface area (Å²) >= 11 is 0. The van der Waals surface area contributed by atoms with E-state index in [9.17, 15) is 0 Å². The Labute approximate surface area is 274 Å². The fourth-order valence-electron chi connectivity index (χ4n) is 7.30. The van der Waals surface area contributed by atoms with Gasteiger partial charge in [0.1, 0.15) is 11.2 Å². The third kappa shape index (κ3) is 4.73. The van der Waals surface area contributed by atoms with Gasteiger partial charge in [-0.05, 0) is 82.6 Å². The predicted molar refractivity (Wildman–Crippen MR) is 200 cm³/mol. The Bertz CT molecular complexity index is 2500. The Kier molecular flexibility index (Phi) is 6.71. The van der Waals surface area contributed by atoms with Crippen LogP contribution in [0.2, 0.25) is 0 Å². The van der Waals surface area contributed by atoms with Gasteiger partial charge in [0.15, 0.2) is 0 Å². The number of nitrogens with zero attached hydrogens (tertiary/aromatic N) is 1. The number of anilines is 2. The van der Waals surface area contributed by atoms with Crippen LogP contribution < -0.4 is 4.90 Å². The summed E-state index contributed by atoms with van der Waals surface area (Å²) in [5.41, 5.74) is 10.2. The van der Waals surface area contributed by atoms with Crippen LogP contribution >= 0.6 is 0 Å². The molecule has 2 heteroatoms. The zero-order valence-corrected chi connectivity index (χ0v) is 26.1. The summed E-state index contributed by atoms with van der Waals surface area (Å²) < 4.78 is 6.79. The molecule has 0 radical (unpaired) electrons. The Morgan fingerprint density at radius 3 is 2.26 bits per heavy atom. The van der Waals surface area contributed by atoms with Crippen molar-refractivity contribution < 1.29 is 4.42 Å². The highest BCUT2D eigenvalue weighted by atomic mass is 16.3. The molecule has 2 nitrogen and oxygen atoms in total. The minimum atomic E-state index is 0.899. The van der Waals surface area contributed by atoms with Crippen molar-refractivity contribution in [2.24, 2.45) is 0 Å². The molecule has 0 amide bonds. The first-order chi connectivity index (χ1) is 23.3. The SMILES string of the molecule is C1=CCC=C(c2ccccc2-c2cccc3oc4c5ccccc5c(N(C5=CCCC=C5)c5ccc6ccccc6c5)cc4c23)C=C1. The van der Waals surface area contributed by atoms with Crippen molar-refractivity contribution in [3.8, 4) is 11.1 Å². The molecule has 9 rings (SSSR count). The second-order valence-electron chi connectivity index (χ2n) is 12.3. The largest absolute Gasteiger partial charge is 0.455 e. The summed E-state index contributed by atoms with van der Waals surface area (Å²) in [5.74, 6) is 0. The van der Waals surface area contributed by atoms with E-state index in [2.05, 4.69) is 169 Å². The maximum absolute atomic E-state index is 6.79. The molecule has 0 unspecified atom stereocenters. The van der Waals surface area contributed by atoms with Crippen LogP contribution in [0.1, 0.15) is 24.8 Å². The normalized spacial score (nSPS) is 14.6. The van der Waals surface area contributed by atoms with E-state index >= 15 is 0 Å². The van der Waals surface area contributed by atoms with E-state index in [0.717, 1.165) is 63.3 Å². The second kappa shape index (κ2) is 11.5.